The monoisotopic (exact) mass is 284 g/mol. The maximum atomic E-state index is 12.3. The molecule has 2 aliphatic rings. The Bertz CT molecular complexity index is 387. The minimum atomic E-state index is -0.833. The van der Waals surface area contributed by atoms with Crippen LogP contribution in [0.1, 0.15) is 39.0 Å². The highest BCUT2D eigenvalue weighted by atomic mass is 16.5. The van der Waals surface area contributed by atoms with Crippen molar-refractivity contribution in [3.63, 3.8) is 0 Å². The number of nitrogens with zero attached hydrogens (tertiary/aromatic N) is 1. The van der Waals surface area contributed by atoms with E-state index >= 15 is 0 Å². The van der Waals surface area contributed by atoms with Crippen LogP contribution in [0.4, 0.5) is 4.79 Å². The molecule has 2 amide bonds. The van der Waals surface area contributed by atoms with Crippen LogP contribution in [0.5, 0.6) is 0 Å². The zero-order valence-electron chi connectivity index (χ0n) is 12.2. The molecule has 0 aromatic heterocycles. The molecule has 0 aromatic carbocycles. The molecule has 1 saturated heterocycles. The van der Waals surface area contributed by atoms with Gasteiger partial charge in [-0.15, -0.1) is 0 Å². The Kier molecular flexibility index (Phi) is 4.52. The van der Waals surface area contributed by atoms with Crippen molar-refractivity contribution in [2.45, 2.75) is 51.2 Å². The average molecular weight is 284 g/mol. The molecule has 20 heavy (non-hydrogen) atoms. The van der Waals surface area contributed by atoms with Gasteiger partial charge in [-0.1, -0.05) is 12.8 Å². The largest absolute Gasteiger partial charge is 0.481 e. The van der Waals surface area contributed by atoms with E-state index < -0.39 is 11.4 Å². The highest BCUT2D eigenvalue weighted by Gasteiger charge is 2.42. The highest BCUT2D eigenvalue weighted by molar-refractivity contribution is 5.79. The Morgan fingerprint density at radius 1 is 1.35 bits per heavy atom. The van der Waals surface area contributed by atoms with Gasteiger partial charge in [0, 0.05) is 20.2 Å². The summed E-state index contributed by atoms with van der Waals surface area (Å²) in [6, 6.07) is -0.123. The highest BCUT2D eigenvalue weighted by Crippen LogP contribution is 2.30. The third-order valence-corrected chi connectivity index (χ3v) is 4.59. The number of rotatable bonds is 3. The molecule has 0 bridgehead atoms. The van der Waals surface area contributed by atoms with Crippen LogP contribution >= 0.6 is 0 Å². The topological polar surface area (TPSA) is 78.9 Å². The summed E-state index contributed by atoms with van der Waals surface area (Å²) in [6.07, 6.45) is 4.70. The first kappa shape index (κ1) is 15.1. The molecule has 6 heteroatoms. The van der Waals surface area contributed by atoms with Crippen molar-refractivity contribution in [1.82, 2.24) is 10.2 Å². The lowest BCUT2D eigenvalue weighted by Crippen LogP contribution is -2.50. The second-order valence-corrected chi connectivity index (χ2v) is 6.15. The number of carbonyl (C=O) groups is 2. The molecule has 0 radical (unpaired) electrons. The maximum Gasteiger partial charge on any atom is 0.317 e. The van der Waals surface area contributed by atoms with Gasteiger partial charge in [-0.2, -0.15) is 0 Å². The van der Waals surface area contributed by atoms with Gasteiger partial charge >= 0.3 is 12.0 Å². The van der Waals surface area contributed by atoms with Crippen LogP contribution < -0.4 is 5.32 Å². The quantitative estimate of drug-likeness (QED) is 0.822. The van der Waals surface area contributed by atoms with Crippen molar-refractivity contribution in [1.29, 1.82) is 0 Å². The predicted molar refractivity (Wildman–Crippen MR) is 73.5 cm³/mol. The van der Waals surface area contributed by atoms with Crippen molar-refractivity contribution in [3.8, 4) is 0 Å². The van der Waals surface area contributed by atoms with Gasteiger partial charge in [0.25, 0.3) is 0 Å². The van der Waals surface area contributed by atoms with E-state index in [2.05, 4.69) is 5.32 Å². The van der Waals surface area contributed by atoms with Gasteiger partial charge in [0.15, 0.2) is 0 Å². The number of amides is 2. The smallest absolute Gasteiger partial charge is 0.317 e. The number of ether oxygens (including phenoxy) is 1. The van der Waals surface area contributed by atoms with E-state index in [-0.39, 0.29) is 24.7 Å². The number of carboxylic acids is 1. The maximum absolute atomic E-state index is 12.3. The fourth-order valence-corrected chi connectivity index (χ4v) is 3.10. The fourth-order valence-electron chi connectivity index (χ4n) is 3.10. The number of methoxy groups -OCH3 is 1. The molecule has 0 spiro atoms. The molecule has 1 heterocycles. The molecule has 3 atom stereocenters. The lowest BCUT2D eigenvalue weighted by molar-refractivity contribution is -0.147. The van der Waals surface area contributed by atoms with Gasteiger partial charge in [-0.25, -0.2) is 4.79 Å². The Labute approximate surface area is 119 Å². The average Bonchev–Trinajstić information content (AvgIpc) is 2.83. The van der Waals surface area contributed by atoms with Crippen molar-refractivity contribution in [2.75, 3.05) is 20.2 Å². The lowest BCUT2D eigenvalue weighted by Gasteiger charge is -2.32. The third-order valence-electron chi connectivity index (χ3n) is 4.59. The van der Waals surface area contributed by atoms with E-state index in [9.17, 15) is 14.7 Å². The van der Waals surface area contributed by atoms with E-state index in [4.69, 9.17) is 4.74 Å². The van der Waals surface area contributed by atoms with Crippen LogP contribution in [0.2, 0.25) is 0 Å². The lowest BCUT2D eigenvalue weighted by atomic mass is 9.90. The van der Waals surface area contributed by atoms with Crippen LogP contribution in [0.3, 0.4) is 0 Å². The molecule has 1 aliphatic heterocycles. The Morgan fingerprint density at radius 3 is 2.65 bits per heavy atom. The molecule has 6 nitrogen and oxygen atoms in total. The number of hydrogen-bond acceptors (Lipinski definition) is 3. The van der Waals surface area contributed by atoms with E-state index in [0.29, 0.717) is 13.0 Å². The normalized spacial score (nSPS) is 34.0. The Morgan fingerprint density at radius 2 is 2.05 bits per heavy atom. The number of carboxylic acid groups (broad SMARTS) is 1. The van der Waals surface area contributed by atoms with Crippen molar-refractivity contribution in [3.05, 3.63) is 0 Å². The molecule has 2 fully saturated rings. The van der Waals surface area contributed by atoms with E-state index in [1.165, 1.54) is 0 Å². The summed E-state index contributed by atoms with van der Waals surface area (Å²) < 4.78 is 5.42. The van der Waals surface area contributed by atoms with Gasteiger partial charge < -0.3 is 20.1 Å². The van der Waals surface area contributed by atoms with Crippen LogP contribution in [-0.2, 0) is 9.53 Å². The minimum Gasteiger partial charge on any atom is -0.481 e. The Hall–Kier alpha value is -1.30. The van der Waals surface area contributed by atoms with Gasteiger partial charge in [0.1, 0.15) is 0 Å². The number of hydrogen-bond donors (Lipinski definition) is 2. The first-order chi connectivity index (χ1) is 9.46. The molecular formula is C14H24N2O4. The number of carbonyl (C=O) groups excluding carboxylic acids is 1. The Balaban J connectivity index is 1.91. The van der Waals surface area contributed by atoms with Crippen LogP contribution in [0, 0.1) is 5.41 Å². The zero-order chi connectivity index (χ0) is 14.8. The molecule has 1 aliphatic carbocycles. The van der Waals surface area contributed by atoms with Gasteiger partial charge in [-0.05, 0) is 26.2 Å². The van der Waals surface area contributed by atoms with Crippen molar-refractivity contribution < 1.29 is 19.4 Å². The van der Waals surface area contributed by atoms with E-state index in [1.807, 2.05) is 0 Å². The first-order valence-corrected chi connectivity index (χ1v) is 7.28. The zero-order valence-corrected chi connectivity index (χ0v) is 12.2. The fraction of sp³-hybridized carbons (Fsp3) is 0.857. The van der Waals surface area contributed by atoms with Crippen molar-refractivity contribution >= 4 is 12.0 Å². The van der Waals surface area contributed by atoms with Gasteiger partial charge in [-0.3, -0.25) is 4.79 Å². The molecule has 1 saturated carbocycles. The van der Waals surface area contributed by atoms with Crippen LogP contribution in [0.15, 0.2) is 0 Å². The molecule has 2 rings (SSSR count). The third kappa shape index (κ3) is 3.06. The summed E-state index contributed by atoms with van der Waals surface area (Å²) in [5, 5.41) is 12.2. The number of aliphatic carboxylic acids is 1. The van der Waals surface area contributed by atoms with E-state index in [1.54, 1.807) is 18.9 Å². The van der Waals surface area contributed by atoms with Crippen LogP contribution in [-0.4, -0.2) is 54.4 Å². The molecule has 0 aromatic rings. The first-order valence-electron chi connectivity index (χ1n) is 7.28. The SMILES string of the molecule is CO[C@@H]1CCCC[C@H]1NC(=O)N1CCC(C)(C(=O)O)C1. The van der Waals surface area contributed by atoms with Crippen LogP contribution in [0.25, 0.3) is 0 Å². The molecule has 2 N–H and O–H groups in total. The predicted octanol–water partition coefficient (Wildman–Crippen LogP) is 1.45. The van der Waals surface area contributed by atoms with Gasteiger partial charge in [0.2, 0.25) is 0 Å². The summed E-state index contributed by atoms with van der Waals surface area (Å²) >= 11 is 0. The number of urea groups is 1. The summed E-state index contributed by atoms with van der Waals surface area (Å²) in [6.45, 7) is 2.47. The van der Waals surface area contributed by atoms with Gasteiger partial charge in [0.05, 0.1) is 17.6 Å². The standard InChI is InChI=1S/C14H24N2O4/c1-14(12(17)18)7-8-16(9-14)13(19)15-10-5-3-4-6-11(10)20-2/h10-11H,3-9H2,1-2H3,(H,15,19)(H,17,18)/t10-,11-,14?/m1/s1. The second kappa shape index (κ2) is 5.99. The molecule has 1 unspecified atom stereocenters. The second-order valence-electron chi connectivity index (χ2n) is 6.15. The molecule has 114 valence electrons. The minimum absolute atomic E-state index is 0.0398. The number of nitrogens with one attached hydrogen (secondary N) is 1. The van der Waals surface area contributed by atoms with Crippen molar-refractivity contribution in [2.24, 2.45) is 5.41 Å². The van der Waals surface area contributed by atoms with E-state index in [0.717, 1.165) is 25.7 Å². The summed E-state index contributed by atoms with van der Waals surface area (Å²) in [5.74, 6) is -0.833. The summed E-state index contributed by atoms with van der Waals surface area (Å²) in [5.41, 5.74) is -0.815. The molecular weight excluding hydrogens is 260 g/mol. The number of likely N-dealkylation sites (tertiary alicyclic amines) is 1. The summed E-state index contributed by atoms with van der Waals surface area (Å²) in [7, 11) is 1.67. The summed E-state index contributed by atoms with van der Waals surface area (Å²) in [4.78, 5) is 25.1.